The van der Waals surface area contributed by atoms with Gasteiger partial charge in [-0.1, -0.05) is 60.1 Å². The first kappa shape index (κ1) is 20.4. The highest BCUT2D eigenvalue weighted by Crippen LogP contribution is 2.37. The molecule has 154 valence electrons. The van der Waals surface area contributed by atoms with Gasteiger partial charge in [0.1, 0.15) is 6.23 Å². The Hall–Kier alpha value is -2.89. The lowest BCUT2D eigenvalue weighted by atomic mass is 9.88. The molecule has 0 radical (unpaired) electrons. The molecule has 3 atom stereocenters. The number of rotatable bonds is 4. The van der Waals surface area contributed by atoms with Gasteiger partial charge in [0.05, 0.1) is 17.0 Å². The lowest BCUT2D eigenvalue weighted by Gasteiger charge is -2.27. The summed E-state index contributed by atoms with van der Waals surface area (Å²) < 4.78 is 1.69. The lowest BCUT2D eigenvalue weighted by molar-refractivity contribution is -0.128. The number of aromatic nitrogens is 1. The Morgan fingerprint density at radius 3 is 2.50 bits per heavy atom. The molecule has 2 aromatic carbocycles. The van der Waals surface area contributed by atoms with Crippen molar-refractivity contribution in [2.24, 2.45) is 0 Å². The third kappa shape index (κ3) is 3.91. The van der Waals surface area contributed by atoms with E-state index in [0.717, 1.165) is 22.3 Å². The van der Waals surface area contributed by atoms with Crippen molar-refractivity contribution in [2.75, 3.05) is 0 Å². The maximum atomic E-state index is 12.3. The number of nitrogens with one attached hydrogen (secondary N) is 1. The van der Waals surface area contributed by atoms with Crippen LogP contribution >= 0.6 is 11.6 Å². The molecule has 1 aliphatic heterocycles. The predicted molar refractivity (Wildman–Crippen MR) is 118 cm³/mol. The Morgan fingerprint density at radius 1 is 1.03 bits per heavy atom. The van der Waals surface area contributed by atoms with Crippen LogP contribution in [0.2, 0.25) is 5.02 Å². The molecule has 1 amide bonds. The van der Waals surface area contributed by atoms with Crippen LogP contribution in [0.15, 0.2) is 71.7 Å². The molecule has 0 saturated carbocycles. The summed E-state index contributed by atoms with van der Waals surface area (Å²) in [4.78, 5) is 24.4. The van der Waals surface area contributed by atoms with Gasteiger partial charge in [0.2, 0.25) is 5.91 Å². The second-order valence-corrected chi connectivity index (χ2v) is 7.99. The van der Waals surface area contributed by atoms with Crippen LogP contribution in [-0.4, -0.2) is 21.8 Å². The Labute approximate surface area is 179 Å². The average Bonchev–Trinajstić information content (AvgIpc) is 2.74. The van der Waals surface area contributed by atoms with Crippen molar-refractivity contribution in [3.63, 3.8) is 0 Å². The van der Waals surface area contributed by atoms with Gasteiger partial charge in [0, 0.05) is 17.8 Å². The van der Waals surface area contributed by atoms with Crippen LogP contribution < -0.4 is 10.9 Å². The van der Waals surface area contributed by atoms with Gasteiger partial charge >= 0.3 is 0 Å². The van der Waals surface area contributed by atoms with Crippen molar-refractivity contribution in [2.45, 2.75) is 38.0 Å². The van der Waals surface area contributed by atoms with Gasteiger partial charge in [0.25, 0.3) is 5.56 Å². The zero-order valence-corrected chi connectivity index (χ0v) is 17.3. The SMILES string of the molecule is CC(c1ccc(-c2cccc(C3CCC(O)NC3=O)c2Cl)cc1)n1ccccc1=O. The molecule has 6 heteroatoms. The maximum absolute atomic E-state index is 12.3. The summed E-state index contributed by atoms with van der Waals surface area (Å²) in [5.74, 6) is -0.574. The van der Waals surface area contributed by atoms with Crippen LogP contribution in [0.5, 0.6) is 0 Å². The standard InChI is InChI=1S/C24H23ClN2O3/c1-15(27-14-3-2-7-22(27)29)16-8-10-17(11-9-16)18-5-4-6-19(23(18)25)20-12-13-21(28)26-24(20)30/h2-11,14-15,20-21,28H,12-13H2,1H3,(H,26,30). The van der Waals surface area contributed by atoms with E-state index in [-0.39, 0.29) is 23.4 Å². The van der Waals surface area contributed by atoms with Crippen LogP contribution in [0.1, 0.15) is 42.9 Å². The number of piperidine rings is 1. The van der Waals surface area contributed by atoms with Gasteiger partial charge in [-0.05, 0) is 42.5 Å². The van der Waals surface area contributed by atoms with E-state index in [0.29, 0.717) is 17.9 Å². The Kier molecular flexibility index (Phi) is 5.75. The number of carbonyl (C=O) groups excluding carboxylic acids is 1. The molecule has 1 aromatic heterocycles. The topological polar surface area (TPSA) is 71.3 Å². The van der Waals surface area contributed by atoms with E-state index in [1.165, 1.54) is 0 Å². The molecule has 4 rings (SSSR count). The van der Waals surface area contributed by atoms with Crippen LogP contribution in [0.3, 0.4) is 0 Å². The molecule has 1 saturated heterocycles. The maximum Gasteiger partial charge on any atom is 0.251 e. The van der Waals surface area contributed by atoms with Crippen molar-refractivity contribution in [3.8, 4) is 11.1 Å². The monoisotopic (exact) mass is 422 g/mol. The summed E-state index contributed by atoms with van der Waals surface area (Å²) in [6, 6.07) is 18.7. The average molecular weight is 423 g/mol. The largest absolute Gasteiger partial charge is 0.374 e. The predicted octanol–water partition coefficient (Wildman–Crippen LogP) is 4.09. The minimum Gasteiger partial charge on any atom is -0.374 e. The smallest absolute Gasteiger partial charge is 0.251 e. The van der Waals surface area contributed by atoms with E-state index in [1.54, 1.807) is 22.9 Å². The summed E-state index contributed by atoms with van der Waals surface area (Å²) >= 11 is 6.71. The first-order valence-electron chi connectivity index (χ1n) is 10.00. The fourth-order valence-electron chi connectivity index (χ4n) is 3.99. The second kappa shape index (κ2) is 8.46. The number of aliphatic hydroxyl groups is 1. The number of nitrogens with zero attached hydrogens (tertiary/aromatic N) is 1. The van der Waals surface area contributed by atoms with Crippen molar-refractivity contribution >= 4 is 17.5 Å². The first-order chi connectivity index (χ1) is 14.5. The third-order valence-corrected chi connectivity index (χ3v) is 6.15. The fourth-order valence-corrected chi connectivity index (χ4v) is 4.36. The number of hydrogen-bond donors (Lipinski definition) is 2. The summed E-state index contributed by atoms with van der Waals surface area (Å²) in [5.41, 5.74) is 3.53. The number of amides is 1. The zero-order chi connectivity index (χ0) is 21.3. The molecule has 2 N–H and O–H groups in total. The molecule has 30 heavy (non-hydrogen) atoms. The first-order valence-corrected chi connectivity index (χ1v) is 10.4. The highest BCUT2D eigenvalue weighted by Gasteiger charge is 2.30. The molecule has 0 bridgehead atoms. The van der Waals surface area contributed by atoms with Crippen molar-refractivity contribution in [3.05, 3.63) is 93.4 Å². The van der Waals surface area contributed by atoms with E-state index in [4.69, 9.17) is 11.6 Å². The van der Waals surface area contributed by atoms with Gasteiger partial charge < -0.3 is 15.0 Å². The molecule has 3 unspecified atom stereocenters. The summed E-state index contributed by atoms with van der Waals surface area (Å²) in [6.07, 6.45) is 2.05. The van der Waals surface area contributed by atoms with Crippen molar-refractivity contribution in [1.29, 1.82) is 0 Å². The number of aliphatic hydroxyl groups excluding tert-OH is 1. The Morgan fingerprint density at radius 2 is 1.80 bits per heavy atom. The van der Waals surface area contributed by atoms with Crippen LogP contribution in [0.25, 0.3) is 11.1 Å². The lowest BCUT2D eigenvalue weighted by Crippen LogP contribution is -2.42. The molecule has 2 heterocycles. The molecule has 0 spiro atoms. The highest BCUT2D eigenvalue weighted by atomic mass is 35.5. The minimum absolute atomic E-state index is 0.0410. The number of hydrogen-bond acceptors (Lipinski definition) is 3. The molecule has 5 nitrogen and oxygen atoms in total. The zero-order valence-electron chi connectivity index (χ0n) is 16.6. The highest BCUT2D eigenvalue weighted by molar-refractivity contribution is 6.34. The fraction of sp³-hybridized carbons (Fsp3) is 0.250. The van der Waals surface area contributed by atoms with Crippen LogP contribution in [0.4, 0.5) is 0 Å². The molecule has 3 aromatic rings. The van der Waals surface area contributed by atoms with Crippen LogP contribution in [0, 0.1) is 0 Å². The second-order valence-electron chi connectivity index (χ2n) is 7.61. The van der Waals surface area contributed by atoms with E-state index in [1.807, 2.05) is 55.5 Å². The number of halogens is 1. The van der Waals surface area contributed by atoms with Crippen LogP contribution in [-0.2, 0) is 4.79 Å². The molecule has 1 aliphatic rings. The van der Waals surface area contributed by atoms with Gasteiger partial charge in [-0.15, -0.1) is 0 Å². The van der Waals surface area contributed by atoms with E-state index < -0.39 is 6.23 Å². The molecule has 1 fully saturated rings. The van der Waals surface area contributed by atoms with Gasteiger partial charge in [-0.2, -0.15) is 0 Å². The minimum atomic E-state index is -0.789. The molecular formula is C24H23ClN2O3. The van der Waals surface area contributed by atoms with Gasteiger partial charge in [-0.25, -0.2) is 0 Å². The Bertz CT molecular complexity index is 1120. The summed E-state index contributed by atoms with van der Waals surface area (Å²) in [5, 5.41) is 12.8. The normalized spacial score (nSPS) is 19.9. The van der Waals surface area contributed by atoms with Crippen molar-refractivity contribution < 1.29 is 9.90 Å². The number of carbonyl (C=O) groups is 1. The Balaban J connectivity index is 1.63. The molecular weight excluding hydrogens is 400 g/mol. The quantitative estimate of drug-likeness (QED) is 0.665. The van der Waals surface area contributed by atoms with E-state index >= 15 is 0 Å². The number of benzene rings is 2. The summed E-state index contributed by atoms with van der Waals surface area (Å²) in [6.45, 7) is 1.99. The number of pyridine rings is 1. The summed E-state index contributed by atoms with van der Waals surface area (Å²) in [7, 11) is 0. The van der Waals surface area contributed by atoms with Crippen molar-refractivity contribution in [1.82, 2.24) is 9.88 Å². The third-order valence-electron chi connectivity index (χ3n) is 5.73. The molecule has 0 aliphatic carbocycles. The van der Waals surface area contributed by atoms with Gasteiger partial charge in [0.15, 0.2) is 0 Å². The van der Waals surface area contributed by atoms with Gasteiger partial charge in [-0.3, -0.25) is 9.59 Å². The van der Waals surface area contributed by atoms with E-state index in [2.05, 4.69) is 5.32 Å². The van der Waals surface area contributed by atoms with E-state index in [9.17, 15) is 14.7 Å².